The zero-order valence-electron chi connectivity index (χ0n) is 12.2. The predicted molar refractivity (Wildman–Crippen MR) is 79.8 cm³/mol. The molecule has 2 heterocycles. The summed E-state index contributed by atoms with van der Waals surface area (Å²) in [6, 6.07) is 0. The molecule has 0 aromatic carbocycles. The summed E-state index contributed by atoms with van der Waals surface area (Å²) in [7, 11) is -3.78. The average Bonchev–Trinajstić information content (AvgIpc) is 2.87. The molecule has 2 unspecified atom stereocenters. The number of ether oxygens (including phenoxy) is 1. The number of carbonyl (C=O) groups is 1. The summed E-state index contributed by atoms with van der Waals surface area (Å²) >= 11 is 1.75. The van der Waals surface area contributed by atoms with Gasteiger partial charge < -0.3 is 4.74 Å². The van der Waals surface area contributed by atoms with E-state index in [1.807, 2.05) is 13.8 Å². The Labute approximate surface area is 128 Å². The molecule has 2 rings (SSSR count). The lowest BCUT2D eigenvalue weighted by molar-refractivity contribution is 0.0521. The Hall–Kier alpha value is -1.06. The maximum Gasteiger partial charge on any atom is 0.342 e. The van der Waals surface area contributed by atoms with Crippen molar-refractivity contribution in [3.8, 4) is 0 Å². The first-order valence-corrected chi connectivity index (χ1v) is 9.10. The summed E-state index contributed by atoms with van der Waals surface area (Å²) in [4.78, 5) is 11.8. The Morgan fingerprint density at radius 3 is 2.67 bits per heavy atom. The predicted octanol–water partition coefficient (Wildman–Crippen LogP) is 1.10. The van der Waals surface area contributed by atoms with Crippen LogP contribution in [0.5, 0.6) is 0 Å². The third-order valence-corrected chi connectivity index (χ3v) is 6.12. The third kappa shape index (κ3) is 3.41. The minimum absolute atomic E-state index is 0.0459. The maximum atomic E-state index is 12.7. The summed E-state index contributed by atoms with van der Waals surface area (Å²) < 4.78 is 31.7. The van der Waals surface area contributed by atoms with Crippen LogP contribution in [0.25, 0.3) is 0 Å². The minimum atomic E-state index is -3.78. The fraction of sp³-hybridized carbons (Fsp3) is 0.667. The van der Waals surface area contributed by atoms with Crippen LogP contribution in [-0.4, -0.2) is 59.1 Å². The molecule has 1 aromatic rings. The van der Waals surface area contributed by atoms with Crippen molar-refractivity contribution in [2.45, 2.75) is 36.3 Å². The van der Waals surface area contributed by atoms with E-state index in [-0.39, 0.29) is 27.7 Å². The van der Waals surface area contributed by atoms with Crippen molar-refractivity contribution in [2.75, 3.05) is 19.7 Å². The Morgan fingerprint density at radius 2 is 2.10 bits per heavy atom. The minimum Gasteiger partial charge on any atom is -0.462 e. The fourth-order valence-corrected chi connectivity index (χ4v) is 5.48. The highest BCUT2D eigenvalue weighted by Crippen LogP contribution is 2.29. The van der Waals surface area contributed by atoms with Crippen molar-refractivity contribution in [3.63, 3.8) is 0 Å². The molecule has 1 aliphatic rings. The number of hydrogen-bond donors (Lipinski definition) is 1. The number of carbonyl (C=O) groups excluding carboxylic acids is 1. The van der Waals surface area contributed by atoms with Crippen LogP contribution in [0.4, 0.5) is 0 Å². The van der Waals surface area contributed by atoms with Crippen LogP contribution in [0.3, 0.4) is 0 Å². The van der Waals surface area contributed by atoms with E-state index in [4.69, 9.17) is 4.74 Å². The van der Waals surface area contributed by atoms with Gasteiger partial charge in [-0.05, 0) is 6.92 Å². The van der Waals surface area contributed by atoms with Gasteiger partial charge in [-0.25, -0.2) is 13.2 Å². The van der Waals surface area contributed by atoms with E-state index in [9.17, 15) is 13.2 Å². The van der Waals surface area contributed by atoms with Crippen LogP contribution in [0.15, 0.2) is 11.2 Å². The van der Waals surface area contributed by atoms with Crippen molar-refractivity contribution in [2.24, 2.45) is 0 Å². The number of nitrogens with zero attached hydrogens (tertiary/aromatic N) is 2. The van der Waals surface area contributed by atoms with E-state index in [0.29, 0.717) is 13.1 Å². The fourth-order valence-electron chi connectivity index (χ4n) is 2.28. The van der Waals surface area contributed by atoms with Crippen molar-refractivity contribution >= 4 is 27.8 Å². The molecule has 0 amide bonds. The highest BCUT2D eigenvalue weighted by atomic mass is 32.2. The number of sulfonamides is 1. The highest BCUT2D eigenvalue weighted by molar-refractivity contribution is 8.00. The monoisotopic (exact) mass is 333 g/mol. The van der Waals surface area contributed by atoms with Gasteiger partial charge in [0.05, 0.1) is 12.8 Å². The number of thioether (sulfide) groups is 1. The first kappa shape index (κ1) is 16.3. The SMILES string of the molecule is CCOC(=O)c1cn[nH]c1S(=O)(=O)N1CC(C)SC(C)C1. The number of hydrogen-bond acceptors (Lipinski definition) is 6. The molecule has 0 saturated carbocycles. The summed E-state index contributed by atoms with van der Waals surface area (Å²) in [5.41, 5.74) is -0.0459. The highest BCUT2D eigenvalue weighted by Gasteiger charge is 2.36. The standard InChI is InChI=1S/C12H19N3O4S2/c1-4-19-12(16)10-5-13-14-11(10)21(17,18)15-6-8(2)20-9(3)7-15/h5,8-9H,4,6-7H2,1-3H3,(H,13,14). The second kappa shape index (κ2) is 6.37. The van der Waals surface area contributed by atoms with Gasteiger partial charge in [-0.3, -0.25) is 5.10 Å². The zero-order chi connectivity index (χ0) is 15.6. The van der Waals surface area contributed by atoms with Crippen molar-refractivity contribution in [1.29, 1.82) is 0 Å². The van der Waals surface area contributed by atoms with Crippen LogP contribution in [0.1, 0.15) is 31.1 Å². The van der Waals surface area contributed by atoms with Crippen LogP contribution in [-0.2, 0) is 14.8 Å². The molecule has 2 atom stereocenters. The summed E-state index contributed by atoms with van der Waals surface area (Å²) in [5, 5.41) is 6.34. The normalized spacial score (nSPS) is 24.0. The van der Waals surface area contributed by atoms with Gasteiger partial charge in [0.2, 0.25) is 0 Å². The van der Waals surface area contributed by atoms with Gasteiger partial charge in [0.25, 0.3) is 10.0 Å². The van der Waals surface area contributed by atoms with E-state index in [2.05, 4.69) is 10.2 Å². The average molecular weight is 333 g/mol. The number of aromatic nitrogens is 2. The van der Waals surface area contributed by atoms with Crippen LogP contribution in [0.2, 0.25) is 0 Å². The van der Waals surface area contributed by atoms with Gasteiger partial charge in [0.15, 0.2) is 5.03 Å². The van der Waals surface area contributed by atoms with E-state index in [1.165, 1.54) is 10.5 Å². The number of H-pyrrole nitrogens is 1. The number of rotatable bonds is 4. The molecule has 0 bridgehead atoms. The summed E-state index contributed by atoms with van der Waals surface area (Å²) in [5.74, 6) is -0.683. The molecule has 9 heteroatoms. The van der Waals surface area contributed by atoms with Crippen molar-refractivity contribution in [3.05, 3.63) is 11.8 Å². The van der Waals surface area contributed by atoms with Crippen molar-refractivity contribution < 1.29 is 17.9 Å². The molecule has 1 aliphatic heterocycles. The molecule has 118 valence electrons. The molecule has 1 saturated heterocycles. The lowest BCUT2D eigenvalue weighted by Crippen LogP contribution is -2.44. The largest absolute Gasteiger partial charge is 0.462 e. The van der Waals surface area contributed by atoms with Gasteiger partial charge in [0.1, 0.15) is 5.56 Å². The molecule has 1 fully saturated rings. The molecular formula is C12H19N3O4S2. The van der Waals surface area contributed by atoms with Crippen molar-refractivity contribution in [1.82, 2.24) is 14.5 Å². The zero-order valence-corrected chi connectivity index (χ0v) is 13.8. The summed E-state index contributed by atoms with van der Waals surface area (Å²) in [6.45, 7) is 6.65. The molecule has 1 aromatic heterocycles. The van der Waals surface area contributed by atoms with E-state index < -0.39 is 16.0 Å². The van der Waals surface area contributed by atoms with E-state index >= 15 is 0 Å². The molecular weight excluding hydrogens is 314 g/mol. The van der Waals surface area contributed by atoms with Crippen LogP contribution >= 0.6 is 11.8 Å². The smallest absolute Gasteiger partial charge is 0.342 e. The van der Waals surface area contributed by atoms with Gasteiger partial charge in [-0.1, -0.05) is 13.8 Å². The lowest BCUT2D eigenvalue weighted by Gasteiger charge is -2.33. The number of esters is 1. The molecule has 21 heavy (non-hydrogen) atoms. The number of aromatic amines is 1. The maximum absolute atomic E-state index is 12.7. The summed E-state index contributed by atoms with van der Waals surface area (Å²) in [6.07, 6.45) is 1.19. The Balaban J connectivity index is 2.32. The molecule has 0 radical (unpaired) electrons. The van der Waals surface area contributed by atoms with Gasteiger partial charge >= 0.3 is 5.97 Å². The first-order chi connectivity index (χ1) is 9.86. The van der Waals surface area contributed by atoms with Gasteiger partial charge in [0, 0.05) is 23.6 Å². The Kier molecular flexibility index (Phi) is 4.95. The number of nitrogens with one attached hydrogen (secondary N) is 1. The van der Waals surface area contributed by atoms with Gasteiger partial charge in [-0.2, -0.15) is 21.2 Å². The topological polar surface area (TPSA) is 92.4 Å². The molecule has 0 spiro atoms. The van der Waals surface area contributed by atoms with E-state index in [0.717, 1.165) is 0 Å². The molecule has 7 nitrogen and oxygen atoms in total. The quantitative estimate of drug-likeness (QED) is 0.830. The lowest BCUT2D eigenvalue weighted by atomic mass is 10.4. The van der Waals surface area contributed by atoms with Crippen LogP contribution in [0, 0.1) is 0 Å². The van der Waals surface area contributed by atoms with Gasteiger partial charge in [-0.15, -0.1) is 0 Å². The van der Waals surface area contributed by atoms with E-state index in [1.54, 1.807) is 18.7 Å². The Morgan fingerprint density at radius 1 is 1.48 bits per heavy atom. The molecule has 0 aliphatic carbocycles. The second-order valence-corrected chi connectivity index (χ2v) is 8.67. The second-order valence-electron chi connectivity index (χ2n) is 4.91. The molecule has 1 N–H and O–H groups in total. The van der Waals surface area contributed by atoms with Crippen LogP contribution < -0.4 is 0 Å². The third-order valence-electron chi connectivity index (χ3n) is 3.08. The Bertz CT molecular complexity index is 604. The first-order valence-electron chi connectivity index (χ1n) is 6.72.